The van der Waals surface area contributed by atoms with Gasteiger partial charge < -0.3 is 15.0 Å². The van der Waals surface area contributed by atoms with Gasteiger partial charge >= 0.3 is 6.03 Å². The van der Waals surface area contributed by atoms with E-state index in [4.69, 9.17) is 16.3 Å². The van der Waals surface area contributed by atoms with Gasteiger partial charge in [0.15, 0.2) is 0 Å². The zero-order valence-electron chi connectivity index (χ0n) is 11.9. The lowest BCUT2D eigenvalue weighted by molar-refractivity contribution is 0.0709. The van der Waals surface area contributed by atoms with E-state index in [2.05, 4.69) is 5.32 Å². The van der Waals surface area contributed by atoms with Crippen LogP contribution in [0.4, 0.5) is 4.79 Å². The third-order valence-corrected chi connectivity index (χ3v) is 3.70. The Bertz CT molecular complexity index is 450. The minimum Gasteiger partial charge on any atom is -0.377 e. The van der Waals surface area contributed by atoms with E-state index in [9.17, 15) is 4.79 Å². The van der Waals surface area contributed by atoms with Crippen LogP contribution in [0.15, 0.2) is 24.3 Å². The van der Waals surface area contributed by atoms with Crippen LogP contribution in [-0.4, -0.2) is 36.7 Å². The molecule has 0 aromatic heterocycles. The number of ether oxygens (including phenoxy) is 1. The summed E-state index contributed by atoms with van der Waals surface area (Å²) in [5.41, 5.74) is 1.04. The van der Waals surface area contributed by atoms with E-state index in [1.165, 1.54) is 0 Å². The first-order valence-electron chi connectivity index (χ1n) is 6.99. The van der Waals surface area contributed by atoms with Crippen molar-refractivity contribution in [3.63, 3.8) is 0 Å². The summed E-state index contributed by atoms with van der Waals surface area (Å²) in [5.74, 6) is 0. The third kappa shape index (κ3) is 4.12. The highest BCUT2D eigenvalue weighted by molar-refractivity contribution is 6.30. The maximum absolute atomic E-state index is 12.3. The Kier molecular flexibility index (Phi) is 5.26. The summed E-state index contributed by atoms with van der Waals surface area (Å²) in [6.07, 6.45) is 0.974. The predicted molar refractivity (Wildman–Crippen MR) is 80.0 cm³/mol. The minimum atomic E-state index is -0.0424. The molecule has 2 atom stereocenters. The van der Waals surface area contributed by atoms with Gasteiger partial charge in [0.05, 0.1) is 12.1 Å². The van der Waals surface area contributed by atoms with Gasteiger partial charge in [-0.05, 0) is 38.0 Å². The van der Waals surface area contributed by atoms with Gasteiger partial charge in [-0.15, -0.1) is 0 Å². The van der Waals surface area contributed by atoms with E-state index in [0.29, 0.717) is 11.6 Å². The first kappa shape index (κ1) is 15.1. The fraction of sp³-hybridized carbons (Fsp3) is 0.533. The number of urea groups is 1. The molecule has 4 nitrogen and oxygen atoms in total. The molecule has 1 heterocycles. The molecule has 1 aliphatic rings. The van der Waals surface area contributed by atoms with Crippen molar-refractivity contribution in [3.8, 4) is 0 Å². The summed E-state index contributed by atoms with van der Waals surface area (Å²) in [5, 5.41) is 3.72. The summed E-state index contributed by atoms with van der Waals surface area (Å²) in [4.78, 5) is 14.1. The second kappa shape index (κ2) is 6.95. The van der Waals surface area contributed by atoms with E-state index in [0.717, 1.165) is 25.1 Å². The SMILES string of the molecule is CC1CN(C(=O)NC(C)c2ccc(Cl)cc2)CCCO1. The van der Waals surface area contributed by atoms with Crippen LogP contribution in [0, 0.1) is 0 Å². The van der Waals surface area contributed by atoms with E-state index >= 15 is 0 Å². The maximum atomic E-state index is 12.3. The number of halogens is 1. The average molecular weight is 297 g/mol. The van der Waals surface area contributed by atoms with Crippen LogP contribution in [0.3, 0.4) is 0 Å². The summed E-state index contributed by atoms with van der Waals surface area (Å²) in [6.45, 7) is 6.06. The first-order chi connectivity index (χ1) is 9.56. The van der Waals surface area contributed by atoms with Crippen LogP contribution in [-0.2, 0) is 4.74 Å². The molecule has 1 aromatic carbocycles. The molecule has 1 N–H and O–H groups in total. The summed E-state index contributed by atoms with van der Waals surface area (Å²) in [7, 11) is 0. The number of carbonyl (C=O) groups excluding carboxylic acids is 1. The molecular formula is C15H21ClN2O2. The standard InChI is InChI=1S/C15H21ClN2O2/c1-11-10-18(8-3-9-20-11)15(19)17-12(2)13-4-6-14(16)7-5-13/h4-7,11-12H,3,8-10H2,1-2H3,(H,17,19). The first-order valence-corrected chi connectivity index (χ1v) is 7.36. The van der Waals surface area contributed by atoms with Crippen molar-refractivity contribution >= 4 is 17.6 Å². The van der Waals surface area contributed by atoms with E-state index in [1.807, 2.05) is 43.0 Å². The molecule has 2 amide bonds. The van der Waals surface area contributed by atoms with Gasteiger partial charge in [-0.25, -0.2) is 4.79 Å². The van der Waals surface area contributed by atoms with E-state index in [-0.39, 0.29) is 18.2 Å². The summed E-state index contributed by atoms with van der Waals surface area (Å²) in [6, 6.07) is 7.45. The fourth-order valence-electron chi connectivity index (χ4n) is 2.29. The van der Waals surface area contributed by atoms with Crippen molar-refractivity contribution in [2.75, 3.05) is 19.7 Å². The van der Waals surface area contributed by atoms with Gasteiger partial charge in [0.1, 0.15) is 0 Å². The van der Waals surface area contributed by atoms with Crippen LogP contribution in [0.1, 0.15) is 31.9 Å². The Morgan fingerprint density at radius 3 is 2.85 bits per heavy atom. The number of rotatable bonds is 2. The highest BCUT2D eigenvalue weighted by atomic mass is 35.5. The number of nitrogens with one attached hydrogen (secondary N) is 1. The maximum Gasteiger partial charge on any atom is 0.317 e. The zero-order chi connectivity index (χ0) is 14.5. The van der Waals surface area contributed by atoms with Crippen LogP contribution in [0.25, 0.3) is 0 Å². The van der Waals surface area contributed by atoms with Gasteiger partial charge in [-0.3, -0.25) is 0 Å². The molecule has 2 unspecified atom stereocenters. The number of hydrogen-bond donors (Lipinski definition) is 1. The second-order valence-electron chi connectivity index (χ2n) is 5.20. The van der Waals surface area contributed by atoms with Crippen molar-refractivity contribution in [1.82, 2.24) is 10.2 Å². The van der Waals surface area contributed by atoms with E-state index < -0.39 is 0 Å². The number of benzene rings is 1. The average Bonchev–Trinajstić information content (AvgIpc) is 2.64. The highest BCUT2D eigenvalue weighted by Crippen LogP contribution is 2.16. The third-order valence-electron chi connectivity index (χ3n) is 3.45. The smallest absolute Gasteiger partial charge is 0.317 e. The number of amides is 2. The topological polar surface area (TPSA) is 41.6 Å². The molecule has 0 saturated carbocycles. The van der Waals surface area contributed by atoms with Crippen LogP contribution in [0.5, 0.6) is 0 Å². The van der Waals surface area contributed by atoms with Gasteiger partial charge in [-0.2, -0.15) is 0 Å². The van der Waals surface area contributed by atoms with Gasteiger partial charge in [0, 0.05) is 24.7 Å². The molecule has 1 fully saturated rings. The van der Waals surface area contributed by atoms with Gasteiger partial charge in [0.25, 0.3) is 0 Å². The molecule has 1 aliphatic heterocycles. The molecule has 5 heteroatoms. The lowest BCUT2D eigenvalue weighted by Gasteiger charge is -2.25. The predicted octanol–water partition coefficient (Wildman–Crippen LogP) is 3.22. The van der Waals surface area contributed by atoms with Crippen molar-refractivity contribution in [3.05, 3.63) is 34.9 Å². The molecule has 1 saturated heterocycles. The normalized spacial score (nSPS) is 21.1. The van der Waals surface area contributed by atoms with Crippen LogP contribution >= 0.6 is 11.6 Å². The monoisotopic (exact) mass is 296 g/mol. The van der Waals surface area contributed by atoms with Gasteiger partial charge in [-0.1, -0.05) is 23.7 Å². The van der Waals surface area contributed by atoms with Crippen molar-refractivity contribution in [2.45, 2.75) is 32.4 Å². The van der Waals surface area contributed by atoms with Crippen molar-refractivity contribution < 1.29 is 9.53 Å². The van der Waals surface area contributed by atoms with E-state index in [1.54, 1.807) is 0 Å². The Morgan fingerprint density at radius 1 is 1.45 bits per heavy atom. The summed E-state index contributed by atoms with van der Waals surface area (Å²) >= 11 is 5.87. The summed E-state index contributed by atoms with van der Waals surface area (Å²) < 4.78 is 5.55. The molecule has 110 valence electrons. The fourth-order valence-corrected chi connectivity index (χ4v) is 2.42. The molecule has 1 aromatic rings. The quantitative estimate of drug-likeness (QED) is 0.910. The largest absolute Gasteiger partial charge is 0.377 e. The molecule has 0 bridgehead atoms. The number of carbonyl (C=O) groups is 1. The Balaban J connectivity index is 1.94. The number of hydrogen-bond acceptors (Lipinski definition) is 2. The van der Waals surface area contributed by atoms with Crippen LogP contribution in [0.2, 0.25) is 5.02 Å². The zero-order valence-corrected chi connectivity index (χ0v) is 12.7. The van der Waals surface area contributed by atoms with Crippen molar-refractivity contribution in [2.24, 2.45) is 0 Å². The Hall–Kier alpha value is -1.26. The second-order valence-corrected chi connectivity index (χ2v) is 5.64. The highest BCUT2D eigenvalue weighted by Gasteiger charge is 2.21. The molecule has 2 rings (SSSR count). The molecule has 0 spiro atoms. The van der Waals surface area contributed by atoms with Gasteiger partial charge in [0.2, 0.25) is 0 Å². The molecule has 0 radical (unpaired) electrons. The minimum absolute atomic E-state index is 0.0372. The lowest BCUT2D eigenvalue weighted by Crippen LogP contribution is -2.43. The Morgan fingerprint density at radius 2 is 2.15 bits per heavy atom. The molecule has 0 aliphatic carbocycles. The lowest BCUT2D eigenvalue weighted by atomic mass is 10.1. The van der Waals surface area contributed by atoms with Crippen LogP contribution < -0.4 is 5.32 Å². The number of nitrogens with zero attached hydrogens (tertiary/aromatic N) is 1. The molecule has 20 heavy (non-hydrogen) atoms. The molecular weight excluding hydrogens is 276 g/mol. The van der Waals surface area contributed by atoms with Crippen molar-refractivity contribution in [1.29, 1.82) is 0 Å². The Labute approximate surface area is 125 Å².